The third-order valence-electron chi connectivity index (χ3n) is 4.51. The summed E-state index contributed by atoms with van der Waals surface area (Å²) in [5.74, 6) is 0.510. The van der Waals surface area contributed by atoms with Crippen LogP contribution in [0.15, 0.2) is 33.9 Å². The van der Waals surface area contributed by atoms with E-state index in [0.29, 0.717) is 48.0 Å². The lowest BCUT2D eigenvalue weighted by Crippen LogP contribution is -2.43. The molecule has 26 heavy (non-hydrogen) atoms. The van der Waals surface area contributed by atoms with E-state index >= 15 is 0 Å². The highest BCUT2D eigenvalue weighted by Gasteiger charge is 2.25. The smallest absolute Gasteiger partial charge is 0.325 e. The number of carbonyl (C=O) groups excluding carboxylic acids is 1. The molecule has 1 saturated heterocycles. The molecule has 0 spiro atoms. The highest BCUT2D eigenvalue weighted by Crippen LogP contribution is 2.26. The van der Waals surface area contributed by atoms with Crippen LogP contribution in [0.5, 0.6) is 5.75 Å². The van der Waals surface area contributed by atoms with Gasteiger partial charge >= 0.3 is 5.69 Å². The quantitative estimate of drug-likeness (QED) is 0.846. The summed E-state index contributed by atoms with van der Waals surface area (Å²) in [6, 6.07) is 7.31. The van der Waals surface area contributed by atoms with Gasteiger partial charge in [-0.1, -0.05) is 23.7 Å². The predicted octanol–water partition coefficient (Wildman–Crippen LogP) is 1.64. The molecule has 138 valence electrons. The molecule has 7 nitrogen and oxygen atoms in total. The molecule has 0 radical (unpaired) electrons. The number of nitrogens with one attached hydrogen (secondary N) is 2. The molecule has 2 N–H and O–H groups in total. The molecule has 1 aromatic heterocycles. The van der Waals surface area contributed by atoms with E-state index < -0.39 is 11.2 Å². The summed E-state index contributed by atoms with van der Waals surface area (Å²) in [5.41, 5.74) is -0.370. The fourth-order valence-electron chi connectivity index (χ4n) is 3.04. The van der Waals surface area contributed by atoms with Crippen LogP contribution in [0.3, 0.4) is 0 Å². The molecule has 1 aromatic carbocycles. The Labute approximate surface area is 155 Å². The molecule has 0 atom stereocenters. The number of aryl methyl sites for hydroxylation is 1. The lowest BCUT2D eigenvalue weighted by molar-refractivity contribution is -0.132. The van der Waals surface area contributed by atoms with Gasteiger partial charge in [0.25, 0.3) is 5.56 Å². The predicted molar refractivity (Wildman–Crippen MR) is 97.8 cm³/mol. The Morgan fingerprint density at radius 1 is 1.23 bits per heavy atom. The van der Waals surface area contributed by atoms with Crippen LogP contribution in [-0.2, 0) is 11.2 Å². The lowest BCUT2D eigenvalue weighted by atomic mass is 10.1. The van der Waals surface area contributed by atoms with E-state index in [1.54, 1.807) is 17.9 Å². The molecule has 0 unspecified atom stereocenters. The number of carbonyl (C=O) groups is 1. The Bertz CT molecular complexity index is 913. The van der Waals surface area contributed by atoms with Gasteiger partial charge in [0.1, 0.15) is 11.9 Å². The molecular formula is C18H20ClN3O4. The van der Waals surface area contributed by atoms with Gasteiger partial charge < -0.3 is 14.6 Å². The van der Waals surface area contributed by atoms with E-state index in [0.717, 1.165) is 0 Å². The standard InChI is InChI=1S/C18H20ClN3O4/c1-11-13(17(24)21-18(25)20-11)10-16(23)22-8-6-12(7-9-22)26-15-5-3-2-4-14(15)19/h2-5,12H,6-10H2,1H3,(H2,20,21,24,25). The van der Waals surface area contributed by atoms with Crippen molar-refractivity contribution in [2.75, 3.05) is 13.1 Å². The minimum Gasteiger partial charge on any atom is -0.489 e. The number of aromatic amines is 2. The van der Waals surface area contributed by atoms with Crippen molar-refractivity contribution in [1.82, 2.24) is 14.9 Å². The first-order chi connectivity index (χ1) is 12.4. The summed E-state index contributed by atoms with van der Waals surface area (Å²) in [6.45, 7) is 2.71. The molecule has 0 aliphatic carbocycles. The second kappa shape index (κ2) is 7.78. The molecule has 2 heterocycles. The average Bonchev–Trinajstić information content (AvgIpc) is 2.60. The van der Waals surface area contributed by atoms with Crippen molar-refractivity contribution < 1.29 is 9.53 Å². The van der Waals surface area contributed by atoms with Gasteiger partial charge in [-0.2, -0.15) is 0 Å². The maximum atomic E-state index is 12.5. The number of piperidine rings is 1. The van der Waals surface area contributed by atoms with Crippen molar-refractivity contribution in [2.45, 2.75) is 32.3 Å². The van der Waals surface area contributed by atoms with Gasteiger partial charge in [0.15, 0.2) is 0 Å². The topological polar surface area (TPSA) is 95.3 Å². The average molecular weight is 378 g/mol. The summed E-state index contributed by atoms with van der Waals surface area (Å²) in [5, 5.41) is 0.568. The zero-order valence-electron chi connectivity index (χ0n) is 14.4. The maximum absolute atomic E-state index is 12.5. The van der Waals surface area contributed by atoms with Gasteiger partial charge in [-0.05, 0) is 19.1 Å². The molecule has 2 aromatic rings. The van der Waals surface area contributed by atoms with Crippen LogP contribution in [0.2, 0.25) is 5.02 Å². The van der Waals surface area contributed by atoms with Crippen molar-refractivity contribution in [2.24, 2.45) is 0 Å². The normalized spacial score (nSPS) is 15.1. The summed E-state index contributed by atoms with van der Waals surface area (Å²) in [7, 11) is 0. The van der Waals surface area contributed by atoms with Crippen LogP contribution in [-0.4, -0.2) is 40.0 Å². The van der Waals surface area contributed by atoms with Crippen molar-refractivity contribution in [3.63, 3.8) is 0 Å². The first-order valence-electron chi connectivity index (χ1n) is 8.45. The molecule has 0 bridgehead atoms. The summed E-state index contributed by atoms with van der Waals surface area (Å²) < 4.78 is 5.92. The number of benzene rings is 1. The summed E-state index contributed by atoms with van der Waals surface area (Å²) in [6.07, 6.45) is 1.35. The van der Waals surface area contributed by atoms with Crippen molar-refractivity contribution in [3.05, 3.63) is 61.4 Å². The molecule has 3 rings (SSSR count). The molecule has 1 amide bonds. The number of hydrogen-bond donors (Lipinski definition) is 2. The van der Waals surface area contributed by atoms with E-state index in [2.05, 4.69) is 9.97 Å². The maximum Gasteiger partial charge on any atom is 0.325 e. The Morgan fingerprint density at radius 2 is 1.92 bits per heavy atom. The summed E-state index contributed by atoms with van der Waals surface area (Å²) >= 11 is 6.11. The molecule has 8 heteroatoms. The van der Waals surface area contributed by atoms with Crippen LogP contribution < -0.4 is 16.0 Å². The Hall–Kier alpha value is -2.54. The van der Waals surface area contributed by atoms with Gasteiger partial charge in [0.05, 0.1) is 11.4 Å². The number of nitrogens with zero attached hydrogens (tertiary/aromatic N) is 1. The number of H-pyrrole nitrogens is 2. The second-order valence-electron chi connectivity index (χ2n) is 6.32. The van der Waals surface area contributed by atoms with Crippen LogP contribution in [0, 0.1) is 6.92 Å². The zero-order chi connectivity index (χ0) is 18.7. The van der Waals surface area contributed by atoms with Gasteiger partial charge in [-0.25, -0.2) is 4.79 Å². The fraction of sp³-hybridized carbons (Fsp3) is 0.389. The van der Waals surface area contributed by atoms with E-state index in [9.17, 15) is 14.4 Å². The molecule has 1 aliphatic rings. The van der Waals surface area contributed by atoms with Crippen LogP contribution in [0.1, 0.15) is 24.1 Å². The van der Waals surface area contributed by atoms with Crippen molar-refractivity contribution >= 4 is 17.5 Å². The fourth-order valence-corrected chi connectivity index (χ4v) is 3.22. The molecular weight excluding hydrogens is 358 g/mol. The highest BCUT2D eigenvalue weighted by atomic mass is 35.5. The van der Waals surface area contributed by atoms with E-state index in [1.807, 2.05) is 18.2 Å². The van der Waals surface area contributed by atoms with Crippen LogP contribution >= 0.6 is 11.6 Å². The number of halogens is 1. The van der Waals surface area contributed by atoms with Crippen LogP contribution in [0.25, 0.3) is 0 Å². The monoisotopic (exact) mass is 377 g/mol. The van der Waals surface area contributed by atoms with Gasteiger partial charge in [0, 0.05) is 37.2 Å². The molecule has 0 saturated carbocycles. The SMILES string of the molecule is Cc1[nH]c(=O)[nH]c(=O)c1CC(=O)N1CCC(Oc2ccccc2Cl)CC1. The first kappa shape index (κ1) is 18.3. The van der Waals surface area contributed by atoms with Crippen molar-refractivity contribution in [3.8, 4) is 5.75 Å². The Morgan fingerprint density at radius 3 is 2.58 bits per heavy atom. The minimum atomic E-state index is -0.568. The second-order valence-corrected chi connectivity index (χ2v) is 6.72. The van der Waals surface area contributed by atoms with E-state index in [1.165, 1.54) is 0 Å². The number of rotatable bonds is 4. The van der Waals surface area contributed by atoms with E-state index in [-0.39, 0.29) is 18.4 Å². The number of amides is 1. The van der Waals surface area contributed by atoms with Gasteiger partial charge in [-0.15, -0.1) is 0 Å². The third kappa shape index (κ3) is 4.16. The molecule has 1 fully saturated rings. The summed E-state index contributed by atoms with van der Waals surface area (Å²) in [4.78, 5) is 42.0. The number of hydrogen-bond acceptors (Lipinski definition) is 4. The number of aromatic nitrogens is 2. The number of ether oxygens (including phenoxy) is 1. The van der Waals surface area contributed by atoms with E-state index in [4.69, 9.17) is 16.3 Å². The van der Waals surface area contributed by atoms with Crippen molar-refractivity contribution in [1.29, 1.82) is 0 Å². The third-order valence-corrected chi connectivity index (χ3v) is 4.82. The Balaban J connectivity index is 1.58. The minimum absolute atomic E-state index is 0.00262. The van der Waals surface area contributed by atoms with Gasteiger partial charge in [-0.3, -0.25) is 14.6 Å². The largest absolute Gasteiger partial charge is 0.489 e. The first-order valence-corrected chi connectivity index (χ1v) is 8.83. The Kier molecular flexibility index (Phi) is 5.46. The number of likely N-dealkylation sites (tertiary alicyclic amines) is 1. The lowest BCUT2D eigenvalue weighted by Gasteiger charge is -2.32. The zero-order valence-corrected chi connectivity index (χ0v) is 15.1. The number of para-hydroxylation sites is 1. The highest BCUT2D eigenvalue weighted by molar-refractivity contribution is 6.32. The molecule has 1 aliphatic heterocycles. The van der Waals surface area contributed by atoms with Crippen LogP contribution in [0.4, 0.5) is 0 Å². The van der Waals surface area contributed by atoms with Gasteiger partial charge in [0.2, 0.25) is 5.91 Å².